The highest BCUT2D eigenvalue weighted by atomic mass is 19.1. The number of nitrogens with one attached hydrogen (secondary N) is 1. The third kappa shape index (κ3) is 4.47. The largest absolute Gasteiger partial charge is 0.459 e. The predicted molar refractivity (Wildman–Crippen MR) is 129 cm³/mol. The van der Waals surface area contributed by atoms with Crippen LogP contribution >= 0.6 is 0 Å². The number of carbonyl (C=O) groups excluding carboxylic acids is 1. The van der Waals surface area contributed by atoms with Crippen molar-refractivity contribution in [2.45, 2.75) is 52.2 Å². The number of hydrogen-bond acceptors (Lipinski definition) is 6. The number of carbonyl (C=O) groups is 1. The fourth-order valence-electron chi connectivity index (χ4n) is 4.65. The Morgan fingerprint density at radius 3 is 2.65 bits per heavy atom. The van der Waals surface area contributed by atoms with Gasteiger partial charge in [0.2, 0.25) is 5.95 Å². The molecule has 6 nitrogen and oxygen atoms in total. The zero-order chi connectivity index (χ0) is 23.7. The molecule has 1 N–H and O–H groups in total. The summed E-state index contributed by atoms with van der Waals surface area (Å²) in [6.07, 6.45) is 3.80. The van der Waals surface area contributed by atoms with Crippen molar-refractivity contribution in [3.05, 3.63) is 76.7 Å². The molecule has 0 spiro atoms. The number of esters is 1. The molecule has 5 rings (SSSR count). The smallest absolute Gasteiger partial charge is 0.309 e. The lowest BCUT2D eigenvalue weighted by molar-refractivity contribution is -0.152. The van der Waals surface area contributed by atoms with Crippen molar-refractivity contribution in [2.75, 3.05) is 16.8 Å². The Morgan fingerprint density at radius 1 is 1.15 bits per heavy atom. The zero-order valence-corrected chi connectivity index (χ0v) is 19.6. The quantitative estimate of drug-likeness (QED) is 0.481. The lowest BCUT2D eigenvalue weighted by atomic mass is 9.86. The molecule has 1 aliphatic heterocycles. The van der Waals surface area contributed by atoms with Crippen LogP contribution < -0.4 is 10.2 Å². The van der Waals surface area contributed by atoms with Crippen molar-refractivity contribution in [3.63, 3.8) is 0 Å². The molecule has 2 heterocycles. The van der Waals surface area contributed by atoms with Crippen LogP contribution in [0, 0.1) is 18.7 Å². The van der Waals surface area contributed by atoms with Crippen molar-refractivity contribution in [1.82, 2.24) is 9.97 Å². The SMILES string of the molecule is Cc1c(COC(=O)C2CCC2)nc(Nc2ccc(F)cc2)nc1N1CCc2ccccc2C1C. The van der Waals surface area contributed by atoms with E-state index in [1.807, 2.05) is 6.92 Å². The summed E-state index contributed by atoms with van der Waals surface area (Å²) in [4.78, 5) is 24.2. The van der Waals surface area contributed by atoms with Gasteiger partial charge < -0.3 is 15.0 Å². The first-order valence-corrected chi connectivity index (χ1v) is 11.9. The summed E-state index contributed by atoms with van der Waals surface area (Å²) in [7, 11) is 0. The lowest BCUT2D eigenvalue weighted by Crippen LogP contribution is -2.35. The Bertz CT molecular complexity index is 1190. The van der Waals surface area contributed by atoms with Gasteiger partial charge in [0.15, 0.2) is 0 Å². The summed E-state index contributed by atoms with van der Waals surface area (Å²) in [6.45, 7) is 5.10. The molecule has 1 atom stereocenters. The number of halogens is 1. The summed E-state index contributed by atoms with van der Waals surface area (Å²) in [5.74, 6) is 0.765. The Balaban J connectivity index is 1.47. The number of hydrogen-bond donors (Lipinski definition) is 1. The second-order valence-electron chi connectivity index (χ2n) is 9.13. The highest BCUT2D eigenvalue weighted by Gasteiger charge is 2.29. The molecule has 1 fully saturated rings. The molecule has 0 bridgehead atoms. The number of rotatable bonds is 6. The summed E-state index contributed by atoms with van der Waals surface area (Å²) >= 11 is 0. The number of aromatic nitrogens is 2. The van der Waals surface area contributed by atoms with E-state index < -0.39 is 0 Å². The van der Waals surface area contributed by atoms with E-state index in [1.165, 1.54) is 23.3 Å². The first-order chi connectivity index (χ1) is 16.5. The van der Waals surface area contributed by atoms with Crippen LogP contribution in [-0.4, -0.2) is 22.5 Å². The molecule has 7 heteroatoms. The van der Waals surface area contributed by atoms with Gasteiger partial charge in [0, 0.05) is 17.8 Å². The fourth-order valence-corrected chi connectivity index (χ4v) is 4.65. The molecule has 1 saturated carbocycles. The summed E-state index contributed by atoms with van der Waals surface area (Å²) in [6, 6.07) is 14.7. The number of nitrogens with zero attached hydrogens (tertiary/aromatic N) is 3. The molecule has 1 aromatic heterocycles. The van der Waals surface area contributed by atoms with Crippen molar-refractivity contribution in [1.29, 1.82) is 0 Å². The monoisotopic (exact) mass is 460 g/mol. The standard InChI is InChI=1S/C27H29FN4O2/c1-17-24(16-34-26(33)20-7-5-8-20)30-27(29-22-12-10-21(28)11-13-22)31-25(17)32-15-14-19-6-3-4-9-23(19)18(32)2/h3-4,6,9-13,18,20H,5,7-8,14-16H2,1-2H3,(H,29,30,31). The molecule has 0 radical (unpaired) electrons. The Labute approximate surface area is 199 Å². The van der Waals surface area contributed by atoms with Gasteiger partial charge in [-0.15, -0.1) is 0 Å². The van der Waals surface area contributed by atoms with Crippen LogP contribution in [0.3, 0.4) is 0 Å². The minimum absolute atomic E-state index is 0.0112. The maximum absolute atomic E-state index is 13.4. The number of anilines is 3. The van der Waals surface area contributed by atoms with E-state index in [4.69, 9.17) is 9.72 Å². The van der Waals surface area contributed by atoms with Crippen LogP contribution in [0.5, 0.6) is 0 Å². The molecule has 176 valence electrons. The maximum atomic E-state index is 13.4. The lowest BCUT2D eigenvalue weighted by Gasteiger charge is -2.37. The summed E-state index contributed by atoms with van der Waals surface area (Å²) in [5.41, 5.74) is 4.91. The van der Waals surface area contributed by atoms with Gasteiger partial charge in [-0.1, -0.05) is 30.7 Å². The van der Waals surface area contributed by atoms with Gasteiger partial charge in [-0.05, 0) is 68.5 Å². The second-order valence-corrected chi connectivity index (χ2v) is 9.13. The molecule has 1 unspecified atom stereocenters. The van der Waals surface area contributed by atoms with Crippen LogP contribution in [0.15, 0.2) is 48.5 Å². The van der Waals surface area contributed by atoms with Gasteiger partial charge in [0.25, 0.3) is 0 Å². The van der Waals surface area contributed by atoms with Crippen molar-refractivity contribution in [2.24, 2.45) is 5.92 Å². The number of ether oxygens (including phenoxy) is 1. The van der Waals surface area contributed by atoms with Crippen molar-refractivity contribution < 1.29 is 13.9 Å². The molecule has 0 amide bonds. The Kier molecular flexibility index (Phi) is 6.18. The molecular weight excluding hydrogens is 431 g/mol. The van der Waals surface area contributed by atoms with Gasteiger partial charge in [-0.2, -0.15) is 4.98 Å². The van der Waals surface area contributed by atoms with E-state index in [0.29, 0.717) is 17.3 Å². The summed E-state index contributed by atoms with van der Waals surface area (Å²) < 4.78 is 19.0. The molecule has 2 aliphatic rings. The number of fused-ring (bicyclic) bond motifs is 1. The molecule has 3 aromatic rings. The van der Waals surface area contributed by atoms with Crippen LogP contribution in [0.4, 0.5) is 21.8 Å². The maximum Gasteiger partial charge on any atom is 0.309 e. The van der Waals surface area contributed by atoms with Gasteiger partial charge in [-0.3, -0.25) is 4.79 Å². The van der Waals surface area contributed by atoms with Gasteiger partial charge in [-0.25, -0.2) is 9.37 Å². The molecule has 2 aromatic carbocycles. The average Bonchev–Trinajstić information content (AvgIpc) is 2.80. The molecule has 0 saturated heterocycles. The van der Waals surface area contributed by atoms with E-state index in [2.05, 4.69) is 46.4 Å². The van der Waals surface area contributed by atoms with Crippen LogP contribution in [0.1, 0.15) is 54.6 Å². The Morgan fingerprint density at radius 2 is 1.91 bits per heavy atom. The van der Waals surface area contributed by atoms with Gasteiger partial charge >= 0.3 is 5.97 Å². The molecule has 34 heavy (non-hydrogen) atoms. The Hall–Kier alpha value is -3.48. The highest BCUT2D eigenvalue weighted by molar-refractivity contribution is 5.73. The van der Waals surface area contributed by atoms with E-state index in [9.17, 15) is 9.18 Å². The zero-order valence-electron chi connectivity index (χ0n) is 19.6. The normalized spacial score (nSPS) is 17.6. The van der Waals surface area contributed by atoms with Crippen LogP contribution in [-0.2, 0) is 22.6 Å². The highest BCUT2D eigenvalue weighted by Crippen LogP contribution is 2.36. The van der Waals surface area contributed by atoms with Crippen molar-refractivity contribution in [3.8, 4) is 0 Å². The minimum Gasteiger partial charge on any atom is -0.459 e. The van der Waals surface area contributed by atoms with Gasteiger partial charge in [0.1, 0.15) is 18.2 Å². The molecular formula is C27H29FN4O2. The minimum atomic E-state index is -0.305. The fraction of sp³-hybridized carbons (Fsp3) is 0.370. The molecule has 1 aliphatic carbocycles. The average molecular weight is 461 g/mol. The third-order valence-corrected chi connectivity index (χ3v) is 6.98. The second kappa shape index (κ2) is 9.41. The van der Waals surface area contributed by atoms with Crippen molar-refractivity contribution >= 4 is 23.4 Å². The van der Waals surface area contributed by atoms with E-state index in [1.54, 1.807) is 12.1 Å². The van der Waals surface area contributed by atoms with E-state index in [-0.39, 0.29) is 30.4 Å². The van der Waals surface area contributed by atoms with Crippen LogP contribution in [0.2, 0.25) is 0 Å². The van der Waals surface area contributed by atoms with Gasteiger partial charge in [0.05, 0.1) is 17.7 Å². The summed E-state index contributed by atoms with van der Waals surface area (Å²) in [5, 5.41) is 3.19. The number of benzene rings is 2. The third-order valence-electron chi connectivity index (χ3n) is 6.98. The first kappa shape index (κ1) is 22.3. The topological polar surface area (TPSA) is 67.3 Å². The van der Waals surface area contributed by atoms with E-state index >= 15 is 0 Å². The van der Waals surface area contributed by atoms with E-state index in [0.717, 1.165) is 43.6 Å². The first-order valence-electron chi connectivity index (χ1n) is 11.9. The predicted octanol–water partition coefficient (Wildman–Crippen LogP) is 5.63. The van der Waals surface area contributed by atoms with Crippen LogP contribution in [0.25, 0.3) is 0 Å².